The van der Waals surface area contributed by atoms with Crippen LogP contribution in [0.3, 0.4) is 0 Å². The minimum absolute atomic E-state index is 0.106. The summed E-state index contributed by atoms with van der Waals surface area (Å²) in [7, 11) is 0. The maximum absolute atomic E-state index is 12.5. The molecule has 1 aromatic carbocycles. The molecular weight excluding hydrogens is 268 g/mol. The van der Waals surface area contributed by atoms with Gasteiger partial charge in [-0.15, -0.1) is 0 Å². The molecule has 2 aliphatic heterocycles. The van der Waals surface area contributed by atoms with Crippen LogP contribution in [0.2, 0.25) is 0 Å². The monoisotopic (exact) mass is 290 g/mol. The van der Waals surface area contributed by atoms with Gasteiger partial charge < -0.3 is 20.5 Å². The quantitative estimate of drug-likeness (QED) is 0.862. The molecule has 1 atom stereocenters. The number of benzene rings is 1. The maximum atomic E-state index is 12.5. The van der Waals surface area contributed by atoms with Crippen LogP contribution in [0, 0.1) is 13.8 Å². The molecular formula is C16H22N2O3. The van der Waals surface area contributed by atoms with E-state index in [1.54, 1.807) is 0 Å². The van der Waals surface area contributed by atoms with Crippen LogP contribution < -0.4 is 15.8 Å². The summed E-state index contributed by atoms with van der Waals surface area (Å²) in [6.45, 7) is 5.65. The van der Waals surface area contributed by atoms with Crippen molar-refractivity contribution in [3.05, 3.63) is 28.8 Å². The van der Waals surface area contributed by atoms with E-state index in [0.29, 0.717) is 32.7 Å². The lowest BCUT2D eigenvalue weighted by atomic mass is 9.89. The summed E-state index contributed by atoms with van der Waals surface area (Å²) in [5.41, 5.74) is 8.78. The highest BCUT2D eigenvalue weighted by atomic mass is 16.5. The normalized spacial score (nSPS) is 23.3. The Kier molecular flexibility index (Phi) is 3.63. The standard InChI is InChI=1S/C16H22N2O3/c1-10-3-4-12-13(9-21-14(12)11(10)2)18-15(19)16(17)5-7-20-8-6-16/h3-4,13H,5-9,17H2,1-2H3,(H,18,19). The number of carbonyl (C=O) groups is 1. The van der Waals surface area contributed by atoms with E-state index in [1.165, 1.54) is 5.56 Å². The highest BCUT2D eigenvalue weighted by molar-refractivity contribution is 5.86. The average molecular weight is 290 g/mol. The van der Waals surface area contributed by atoms with Crippen LogP contribution in [0.4, 0.5) is 0 Å². The van der Waals surface area contributed by atoms with E-state index >= 15 is 0 Å². The first-order chi connectivity index (χ1) is 10.0. The summed E-state index contributed by atoms with van der Waals surface area (Å²) in [6, 6.07) is 3.98. The van der Waals surface area contributed by atoms with E-state index < -0.39 is 5.54 Å². The van der Waals surface area contributed by atoms with Crippen LogP contribution in [0.25, 0.3) is 0 Å². The molecule has 5 heteroatoms. The number of carbonyl (C=O) groups excluding carboxylic acids is 1. The number of rotatable bonds is 2. The molecule has 3 rings (SSSR count). The largest absolute Gasteiger partial charge is 0.490 e. The zero-order valence-electron chi connectivity index (χ0n) is 12.6. The third-order valence-electron chi connectivity index (χ3n) is 4.62. The van der Waals surface area contributed by atoms with Gasteiger partial charge in [-0.3, -0.25) is 4.79 Å². The highest BCUT2D eigenvalue weighted by Gasteiger charge is 2.38. The average Bonchev–Trinajstić information content (AvgIpc) is 2.87. The number of hydrogen-bond donors (Lipinski definition) is 2. The molecule has 0 bridgehead atoms. The fourth-order valence-corrected chi connectivity index (χ4v) is 2.92. The Morgan fingerprint density at radius 3 is 2.76 bits per heavy atom. The van der Waals surface area contributed by atoms with Gasteiger partial charge in [0.1, 0.15) is 12.4 Å². The van der Waals surface area contributed by atoms with Crippen LogP contribution in [0.5, 0.6) is 5.75 Å². The van der Waals surface area contributed by atoms with Crippen molar-refractivity contribution in [1.82, 2.24) is 5.32 Å². The second kappa shape index (κ2) is 5.31. The molecule has 0 aromatic heterocycles. The molecule has 1 amide bonds. The zero-order valence-corrected chi connectivity index (χ0v) is 12.6. The molecule has 5 nitrogen and oxygen atoms in total. The van der Waals surface area contributed by atoms with E-state index in [9.17, 15) is 4.79 Å². The molecule has 114 valence electrons. The molecule has 1 aromatic rings. The minimum atomic E-state index is -0.819. The Morgan fingerprint density at radius 2 is 2.05 bits per heavy atom. The van der Waals surface area contributed by atoms with Crippen LogP contribution >= 0.6 is 0 Å². The van der Waals surface area contributed by atoms with Gasteiger partial charge in [0.25, 0.3) is 0 Å². The first-order valence-corrected chi connectivity index (χ1v) is 7.42. The number of fused-ring (bicyclic) bond motifs is 1. The van der Waals surface area contributed by atoms with Gasteiger partial charge in [-0.1, -0.05) is 12.1 Å². The molecule has 2 aliphatic rings. The van der Waals surface area contributed by atoms with Gasteiger partial charge in [0.05, 0.1) is 11.6 Å². The van der Waals surface area contributed by atoms with E-state index in [2.05, 4.69) is 18.3 Å². The summed E-state index contributed by atoms with van der Waals surface area (Å²) in [6.07, 6.45) is 1.12. The Bertz CT molecular complexity index is 565. The molecule has 0 radical (unpaired) electrons. The van der Waals surface area contributed by atoms with Crippen molar-refractivity contribution in [2.24, 2.45) is 5.73 Å². The topological polar surface area (TPSA) is 73.6 Å². The first kappa shape index (κ1) is 14.4. The van der Waals surface area contributed by atoms with Gasteiger partial charge in [-0.2, -0.15) is 0 Å². The lowest BCUT2D eigenvalue weighted by Gasteiger charge is -2.32. The van der Waals surface area contributed by atoms with Crippen molar-refractivity contribution < 1.29 is 14.3 Å². The van der Waals surface area contributed by atoms with Gasteiger partial charge in [-0.25, -0.2) is 0 Å². The summed E-state index contributed by atoms with van der Waals surface area (Å²) in [5, 5.41) is 3.05. The third-order valence-corrected chi connectivity index (χ3v) is 4.62. The SMILES string of the molecule is Cc1ccc2c(c1C)OCC2NC(=O)C1(N)CCOCC1. The van der Waals surface area contributed by atoms with Crippen molar-refractivity contribution >= 4 is 5.91 Å². The zero-order chi connectivity index (χ0) is 15.0. The van der Waals surface area contributed by atoms with Gasteiger partial charge in [-0.05, 0) is 37.8 Å². The third kappa shape index (κ3) is 2.51. The van der Waals surface area contributed by atoms with Crippen LogP contribution in [0.15, 0.2) is 12.1 Å². The summed E-state index contributed by atoms with van der Waals surface area (Å²) in [4.78, 5) is 12.5. The fraction of sp³-hybridized carbons (Fsp3) is 0.562. The van der Waals surface area contributed by atoms with Gasteiger partial charge in [0.15, 0.2) is 0 Å². The number of aryl methyl sites for hydroxylation is 1. The second-order valence-electron chi connectivity index (χ2n) is 6.03. The molecule has 1 unspecified atom stereocenters. The molecule has 2 heterocycles. The van der Waals surface area contributed by atoms with Gasteiger partial charge >= 0.3 is 0 Å². The number of nitrogens with two attached hydrogens (primary N) is 1. The maximum Gasteiger partial charge on any atom is 0.240 e. The molecule has 0 aliphatic carbocycles. The lowest BCUT2D eigenvalue weighted by Crippen LogP contribution is -2.57. The van der Waals surface area contributed by atoms with E-state index in [4.69, 9.17) is 15.2 Å². The smallest absolute Gasteiger partial charge is 0.240 e. The summed E-state index contributed by atoms with van der Waals surface area (Å²) >= 11 is 0. The molecule has 1 fully saturated rings. The molecule has 0 spiro atoms. The van der Waals surface area contributed by atoms with Crippen LogP contribution in [0.1, 0.15) is 35.6 Å². The summed E-state index contributed by atoms with van der Waals surface area (Å²) in [5.74, 6) is 0.795. The van der Waals surface area contributed by atoms with Gasteiger partial charge in [0, 0.05) is 18.8 Å². The van der Waals surface area contributed by atoms with E-state index in [1.807, 2.05) is 13.0 Å². The fourth-order valence-electron chi connectivity index (χ4n) is 2.92. The van der Waals surface area contributed by atoms with Crippen molar-refractivity contribution in [3.63, 3.8) is 0 Å². The predicted octanol–water partition coefficient (Wildman–Crippen LogP) is 1.36. The molecule has 1 saturated heterocycles. The van der Waals surface area contributed by atoms with E-state index in [0.717, 1.165) is 16.9 Å². The van der Waals surface area contributed by atoms with Crippen molar-refractivity contribution in [2.45, 2.75) is 38.3 Å². The predicted molar refractivity (Wildman–Crippen MR) is 79.3 cm³/mol. The lowest BCUT2D eigenvalue weighted by molar-refractivity contribution is -0.130. The summed E-state index contributed by atoms with van der Waals surface area (Å²) < 4.78 is 11.0. The van der Waals surface area contributed by atoms with Crippen molar-refractivity contribution in [3.8, 4) is 5.75 Å². The number of nitrogens with one attached hydrogen (secondary N) is 1. The van der Waals surface area contributed by atoms with Crippen LogP contribution in [-0.4, -0.2) is 31.3 Å². The Labute approximate surface area is 124 Å². The van der Waals surface area contributed by atoms with E-state index in [-0.39, 0.29) is 11.9 Å². The van der Waals surface area contributed by atoms with Crippen LogP contribution in [-0.2, 0) is 9.53 Å². The Hall–Kier alpha value is -1.59. The van der Waals surface area contributed by atoms with Crippen molar-refractivity contribution in [1.29, 1.82) is 0 Å². The number of amides is 1. The minimum Gasteiger partial charge on any atom is -0.490 e. The number of ether oxygens (including phenoxy) is 2. The molecule has 21 heavy (non-hydrogen) atoms. The molecule has 0 saturated carbocycles. The Balaban J connectivity index is 1.76. The highest BCUT2D eigenvalue weighted by Crippen LogP contribution is 2.37. The second-order valence-corrected chi connectivity index (χ2v) is 6.03. The van der Waals surface area contributed by atoms with Crippen molar-refractivity contribution in [2.75, 3.05) is 19.8 Å². The first-order valence-electron chi connectivity index (χ1n) is 7.42. The number of hydrogen-bond acceptors (Lipinski definition) is 4. The molecule has 3 N–H and O–H groups in total. The Morgan fingerprint density at radius 1 is 1.33 bits per heavy atom. The van der Waals surface area contributed by atoms with Gasteiger partial charge in [0.2, 0.25) is 5.91 Å².